The minimum Gasteiger partial charge on any atom is -0.348 e. The summed E-state index contributed by atoms with van der Waals surface area (Å²) in [6, 6.07) is 11.7. The van der Waals surface area contributed by atoms with Gasteiger partial charge in [0.05, 0.1) is 6.42 Å². The molecule has 0 bridgehead atoms. The van der Waals surface area contributed by atoms with E-state index in [2.05, 4.69) is 38.2 Å². The van der Waals surface area contributed by atoms with Gasteiger partial charge in [-0.05, 0) is 60.7 Å². The molecule has 25 heavy (non-hydrogen) atoms. The van der Waals surface area contributed by atoms with E-state index in [0.717, 1.165) is 29.8 Å². The van der Waals surface area contributed by atoms with Gasteiger partial charge in [-0.25, -0.2) is 0 Å². The van der Waals surface area contributed by atoms with Crippen LogP contribution in [-0.2, 0) is 17.8 Å². The summed E-state index contributed by atoms with van der Waals surface area (Å²) in [4.78, 5) is 26.4. The van der Waals surface area contributed by atoms with Gasteiger partial charge in [-0.3, -0.25) is 9.59 Å². The third-order valence-electron chi connectivity index (χ3n) is 4.75. The molecule has 130 valence electrons. The van der Waals surface area contributed by atoms with Crippen LogP contribution < -0.4 is 10.2 Å². The molecule has 0 aromatic heterocycles. The van der Waals surface area contributed by atoms with Gasteiger partial charge in [-0.1, -0.05) is 25.1 Å². The van der Waals surface area contributed by atoms with E-state index >= 15 is 0 Å². The minimum absolute atomic E-state index is 0.109. The second kappa shape index (κ2) is 7.09. The van der Waals surface area contributed by atoms with Crippen molar-refractivity contribution in [3.63, 3.8) is 0 Å². The van der Waals surface area contributed by atoms with Gasteiger partial charge in [0, 0.05) is 24.3 Å². The first-order chi connectivity index (χ1) is 12.0. The summed E-state index contributed by atoms with van der Waals surface area (Å²) >= 11 is 0. The van der Waals surface area contributed by atoms with E-state index in [1.807, 2.05) is 23.1 Å². The molecule has 1 aliphatic rings. The number of nitrogens with one attached hydrogen (secondary N) is 1. The molecule has 1 heterocycles. The average Bonchev–Trinajstić information content (AvgIpc) is 2.91. The minimum atomic E-state index is -0.109. The molecule has 1 N–H and O–H groups in total. The molecule has 2 amide bonds. The van der Waals surface area contributed by atoms with Crippen LogP contribution in [0.1, 0.15) is 46.0 Å². The second-order valence-electron chi connectivity index (χ2n) is 6.67. The van der Waals surface area contributed by atoms with Gasteiger partial charge in [0.15, 0.2) is 0 Å². The number of anilines is 1. The zero-order valence-electron chi connectivity index (χ0n) is 15.1. The molecule has 0 unspecified atom stereocenters. The quantitative estimate of drug-likeness (QED) is 0.908. The van der Waals surface area contributed by atoms with E-state index in [1.165, 1.54) is 11.1 Å². The lowest BCUT2D eigenvalue weighted by atomic mass is 10.1. The maximum atomic E-state index is 12.4. The molecule has 1 aliphatic heterocycles. The normalized spacial score (nSPS) is 13.1. The highest BCUT2D eigenvalue weighted by atomic mass is 16.2. The molecule has 0 spiro atoms. The Morgan fingerprint density at radius 3 is 2.64 bits per heavy atom. The number of carbonyl (C=O) groups is 2. The first kappa shape index (κ1) is 17.2. The molecular weight excluding hydrogens is 312 g/mol. The van der Waals surface area contributed by atoms with Crippen LogP contribution >= 0.6 is 0 Å². The van der Waals surface area contributed by atoms with E-state index in [-0.39, 0.29) is 11.8 Å². The molecule has 2 aromatic carbocycles. The van der Waals surface area contributed by atoms with E-state index in [4.69, 9.17) is 0 Å². The van der Waals surface area contributed by atoms with Crippen molar-refractivity contribution >= 4 is 17.5 Å². The highest BCUT2D eigenvalue weighted by Gasteiger charge is 2.27. The van der Waals surface area contributed by atoms with Gasteiger partial charge in [0.1, 0.15) is 0 Å². The molecule has 4 heteroatoms. The summed E-state index contributed by atoms with van der Waals surface area (Å²) in [5.74, 6) is 0.00644. The number of nitrogens with zero attached hydrogens (tertiary/aromatic N) is 1. The Bertz CT molecular complexity index is 827. The number of hydrogen-bond donors (Lipinski definition) is 1. The van der Waals surface area contributed by atoms with Crippen LogP contribution in [0.15, 0.2) is 36.4 Å². The van der Waals surface area contributed by atoms with Crippen LogP contribution in [0.3, 0.4) is 0 Å². The Morgan fingerprint density at radius 2 is 1.92 bits per heavy atom. The summed E-state index contributed by atoms with van der Waals surface area (Å²) in [6.45, 7) is 7.42. The predicted octanol–water partition coefficient (Wildman–Crippen LogP) is 3.53. The Labute approximate surface area is 148 Å². The molecule has 0 radical (unpaired) electrons. The van der Waals surface area contributed by atoms with Crippen molar-refractivity contribution in [1.82, 2.24) is 5.32 Å². The van der Waals surface area contributed by atoms with E-state index in [1.54, 1.807) is 6.07 Å². The van der Waals surface area contributed by atoms with E-state index in [9.17, 15) is 9.59 Å². The largest absolute Gasteiger partial charge is 0.348 e. The maximum Gasteiger partial charge on any atom is 0.251 e. The summed E-state index contributed by atoms with van der Waals surface area (Å²) in [5, 5.41) is 2.96. The number of carbonyl (C=O) groups excluding carboxylic acids is 2. The smallest absolute Gasteiger partial charge is 0.251 e. The number of aryl methyl sites for hydroxylation is 2. The Hall–Kier alpha value is -2.62. The highest BCUT2D eigenvalue weighted by Crippen LogP contribution is 2.29. The molecule has 0 fully saturated rings. The SMILES string of the molecule is CCCN1C(=O)Cc2cc(C(=O)NCc3ccc(C)c(C)c3)ccc21. The van der Waals surface area contributed by atoms with Gasteiger partial charge < -0.3 is 10.2 Å². The zero-order valence-corrected chi connectivity index (χ0v) is 15.1. The number of rotatable bonds is 5. The van der Waals surface area contributed by atoms with Crippen LogP contribution in [0.2, 0.25) is 0 Å². The molecule has 0 saturated carbocycles. The zero-order chi connectivity index (χ0) is 18.0. The summed E-state index contributed by atoms with van der Waals surface area (Å²) in [5.41, 5.74) is 6.04. The fourth-order valence-electron chi connectivity index (χ4n) is 3.19. The van der Waals surface area contributed by atoms with Crippen LogP contribution in [0.5, 0.6) is 0 Å². The first-order valence-electron chi connectivity index (χ1n) is 8.77. The van der Waals surface area contributed by atoms with Crippen LogP contribution in [-0.4, -0.2) is 18.4 Å². The van der Waals surface area contributed by atoms with Crippen molar-refractivity contribution in [2.45, 2.75) is 40.2 Å². The van der Waals surface area contributed by atoms with Crippen molar-refractivity contribution in [3.05, 3.63) is 64.2 Å². The number of hydrogen-bond acceptors (Lipinski definition) is 2. The number of benzene rings is 2. The van der Waals surface area contributed by atoms with E-state index < -0.39 is 0 Å². The van der Waals surface area contributed by atoms with Gasteiger partial charge in [-0.15, -0.1) is 0 Å². The molecule has 0 atom stereocenters. The van der Waals surface area contributed by atoms with Crippen molar-refractivity contribution in [2.75, 3.05) is 11.4 Å². The number of fused-ring (bicyclic) bond motifs is 1. The summed E-state index contributed by atoms with van der Waals surface area (Å²) < 4.78 is 0. The fraction of sp³-hybridized carbons (Fsp3) is 0.333. The first-order valence-corrected chi connectivity index (χ1v) is 8.77. The molecule has 0 aliphatic carbocycles. The standard InChI is InChI=1S/C21H24N2O2/c1-4-9-23-19-8-7-17(11-18(19)12-20(23)24)21(25)22-13-16-6-5-14(2)15(3)10-16/h5-8,10-11H,4,9,12-13H2,1-3H3,(H,22,25). The predicted molar refractivity (Wildman–Crippen MR) is 99.9 cm³/mol. The summed E-state index contributed by atoms with van der Waals surface area (Å²) in [7, 11) is 0. The average molecular weight is 336 g/mol. The maximum absolute atomic E-state index is 12.4. The Balaban J connectivity index is 1.70. The molecule has 0 saturated heterocycles. The lowest BCUT2D eigenvalue weighted by molar-refractivity contribution is -0.117. The van der Waals surface area contributed by atoms with Gasteiger partial charge >= 0.3 is 0 Å². The topological polar surface area (TPSA) is 49.4 Å². The third-order valence-corrected chi connectivity index (χ3v) is 4.75. The van der Waals surface area contributed by atoms with Gasteiger partial charge in [0.25, 0.3) is 5.91 Å². The van der Waals surface area contributed by atoms with Crippen molar-refractivity contribution in [2.24, 2.45) is 0 Å². The lowest BCUT2D eigenvalue weighted by Gasteiger charge is -2.16. The van der Waals surface area contributed by atoms with Gasteiger partial charge in [0.2, 0.25) is 5.91 Å². The van der Waals surface area contributed by atoms with Crippen LogP contribution in [0, 0.1) is 13.8 Å². The van der Waals surface area contributed by atoms with Crippen LogP contribution in [0.25, 0.3) is 0 Å². The van der Waals surface area contributed by atoms with E-state index in [0.29, 0.717) is 18.5 Å². The molecule has 4 nitrogen and oxygen atoms in total. The van der Waals surface area contributed by atoms with Crippen molar-refractivity contribution in [3.8, 4) is 0 Å². The molecule has 2 aromatic rings. The lowest BCUT2D eigenvalue weighted by Crippen LogP contribution is -2.27. The van der Waals surface area contributed by atoms with Crippen molar-refractivity contribution < 1.29 is 9.59 Å². The third kappa shape index (κ3) is 3.58. The monoisotopic (exact) mass is 336 g/mol. The van der Waals surface area contributed by atoms with Gasteiger partial charge in [-0.2, -0.15) is 0 Å². The number of amides is 2. The Kier molecular flexibility index (Phi) is 4.88. The second-order valence-corrected chi connectivity index (χ2v) is 6.67. The summed E-state index contributed by atoms with van der Waals surface area (Å²) in [6.07, 6.45) is 1.30. The van der Waals surface area contributed by atoms with Crippen LogP contribution in [0.4, 0.5) is 5.69 Å². The molecule has 3 rings (SSSR count). The van der Waals surface area contributed by atoms with Crippen molar-refractivity contribution in [1.29, 1.82) is 0 Å². The fourth-order valence-corrected chi connectivity index (χ4v) is 3.19. The Morgan fingerprint density at radius 1 is 1.12 bits per heavy atom. The molecular formula is C21H24N2O2. The highest BCUT2D eigenvalue weighted by molar-refractivity contribution is 6.03.